The summed E-state index contributed by atoms with van der Waals surface area (Å²) in [7, 11) is -0.0857. The van der Waals surface area contributed by atoms with Crippen LogP contribution in [0.1, 0.15) is 33.6 Å². The van der Waals surface area contributed by atoms with Crippen molar-refractivity contribution in [3.63, 3.8) is 0 Å². The Morgan fingerprint density at radius 2 is 1.78 bits per heavy atom. The molecule has 3 atom stereocenters. The van der Waals surface area contributed by atoms with Crippen molar-refractivity contribution in [1.29, 1.82) is 0 Å². The average molecular weight is 279 g/mol. The van der Waals surface area contributed by atoms with Crippen molar-refractivity contribution in [1.82, 2.24) is 0 Å². The fourth-order valence-corrected chi connectivity index (χ4v) is 4.01. The minimum atomic E-state index is -4.92. The van der Waals surface area contributed by atoms with Gasteiger partial charge >= 0.3 is 0 Å². The molecule has 1 saturated heterocycles. The molecule has 2 fully saturated rings. The topological polar surface area (TPSA) is 77.4 Å². The van der Waals surface area contributed by atoms with E-state index in [1.165, 1.54) is 23.9 Å². The summed E-state index contributed by atoms with van der Waals surface area (Å²) in [5.74, 6) is 1.91. The molecule has 2 bridgehead atoms. The van der Waals surface area contributed by atoms with Gasteiger partial charge in [0.25, 0.3) is 0 Å². The molecule has 108 valence electrons. The Morgan fingerprint density at radius 1 is 1.33 bits per heavy atom. The Morgan fingerprint density at radius 3 is 2.22 bits per heavy atom. The van der Waals surface area contributed by atoms with Gasteiger partial charge in [0.15, 0.2) is 0 Å². The van der Waals surface area contributed by atoms with Gasteiger partial charge in [-0.2, -0.15) is 0 Å². The number of fused-ring (bicyclic) bond motifs is 2. The van der Waals surface area contributed by atoms with Gasteiger partial charge in [-0.3, -0.25) is 4.55 Å². The van der Waals surface area contributed by atoms with Crippen molar-refractivity contribution in [2.75, 3.05) is 20.6 Å². The number of nitrogens with zero attached hydrogens (tertiary/aromatic N) is 1. The number of rotatable bonds is 0. The molecule has 0 aromatic heterocycles. The second-order valence-electron chi connectivity index (χ2n) is 7.05. The smallest absolute Gasteiger partial charge is 0.215 e. The molecule has 1 saturated carbocycles. The van der Waals surface area contributed by atoms with Gasteiger partial charge in [0.2, 0.25) is 10.4 Å². The third kappa shape index (κ3) is 3.91. The summed E-state index contributed by atoms with van der Waals surface area (Å²) >= 11 is 0. The predicted molar refractivity (Wildman–Crippen MR) is 68.8 cm³/mol. The average Bonchev–Trinajstić information content (AvgIpc) is 2.33. The minimum Gasteiger partial charge on any atom is -0.726 e. The lowest BCUT2D eigenvalue weighted by Crippen LogP contribution is -2.53. The van der Waals surface area contributed by atoms with Gasteiger partial charge in [-0.1, -0.05) is 20.8 Å². The molecule has 0 aromatic carbocycles. The molecule has 5 nitrogen and oxygen atoms in total. The molecule has 3 unspecified atom stereocenters. The number of hydrogen-bond acceptors (Lipinski definition) is 3. The Hall–Kier alpha value is -0.170. The number of quaternary nitrogens is 1. The Kier molecular flexibility index (Phi) is 4.18. The summed E-state index contributed by atoms with van der Waals surface area (Å²) in [6, 6.07) is 0.941. The predicted octanol–water partition coefficient (Wildman–Crippen LogP) is 1.52. The van der Waals surface area contributed by atoms with Crippen molar-refractivity contribution in [3.05, 3.63) is 0 Å². The van der Waals surface area contributed by atoms with Crippen LogP contribution in [0.5, 0.6) is 0 Å². The maximum Gasteiger partial charge on any atom is 0.215 e. The highest BCUT2D eigenvalue weighted by atomic mass is 32.3. The first-order valence-corrected chi connectivity index (χ1v) is 7.70. The zero-order valence-corrected chi connectivity index (χ0v) is 12.7. The summed E-state index contributed by atoms with van der Waals surface area (Å²) in [6.07, 6.45) is 2.91. The Bertz CT molecular complexity index is 392. The minimum absolute atomic E-state index is 0.607. The maximum atomic E-state index is 8.63. The Balaban J connectivity index is 0.000000280. The first-order chi connectivity index (χ1) is 7.83. The van der Waals surface area contributed by atoms with Gasteiger partial charge in [-0.15, -0.1) is 0 Å². The lowest BCUT2D eigenvalue weighted by Gasteiger charge is -2.43. The molecule has 0 aromatic rings. The lowest BCUT2D eigenvalue weighted by molar-refractivity contribution is -0.921. The van der Waals surface area contributed by atoms with Crippen molar-refractivity contribution in [2.45, 2.75) is 39.7 Å². The van der Waals surface area contributed by atoms with Crippen molar-refractivity contribution in [2.24, 2.45) is 17.3 Å². The van der Waals surface area contributed by atoms with E-state index in [1.807, 2.05) is 0 Å². The maximum absolute atomic E-state index is 8.63. The SMILES string of the molecule is CC1C[N+](C)(C)C2CC1C(C)(C)C2.O=S(=O)([O-])O. The van der Waals surface area contributed by atoms with E-state index in [1.54, 1.807) is 0 Å². The Labute approximate surface area is 110 Å². The van der Waals surface area contributed by atoms with Gasteiger partial charge in [-0.05, 0) is 11.3 Å². The molecular weight excluding hydrogens is 254 g/mol. The van der Waals surface area contributed by atoms with Crippen LogP contribution in [0.3, 0.4) is 0 Å². The van der Waals surface area contributed by atoms with Gasteiger partial charge in [-0.25, -0.2) is 8.42 Å². The third-order valence-electron chi connectivity index (χ3n) is 4.73. The van der Waals surface area contributed by atoms with Crippen LogP contribution in [0.2, 0.25) is 0 Å². The summed E-state index contributed by atoms with van der Waals surface area (Å²) in [4.78, 5) is 0. The standard InChI is InChI=1S/C12H24N.H2O4S/c1-9-8-13(4,5)10-6-11(9)12(2,3)7-10;1-5(2,3)4/h9-11H,6-8H2,1-5H3;(H2,1,2,3,4)/q+1;/p-1. The van der Waals surface area contributed by atoms with Crippen LogP contribution in [0.25, 0.3) is 0 Å². The summed E-state index contributed by atoms with van der Waals surface area (Å²) < 4.78 is 34.1. The molecule has 1 N–H and O–H groups in total. The van der Waals surface area contributed by atoms with Crippen LogP contribution >= 0.6 is 0 Å². The molecule has 6 heteroatoms. The molecule has 1 aliphatic heterocycles. The van der Waals surface area contributed by atoms with E-state index in [0.29, 0.717) is 5.41 Å². The van der Waals surface area contributed by atoms with Gasteiger partial charge < -0.3 is 9.04 Å². The normalized spacial score (nSPS) is 36.7. The van der Waals surface area contributed by atoms with Gasteiger partial charge in [0.05, 0.1) is 26.7 Å². The molecule has 0 spiro atoms. The molecule has 18 heavy (non-hydrogen) atoms. The van der Waals surface area contributed by atoms with Crippen LogP contribution in [0, 0.1) is 17.3 Å². The molecule has 2 aliphatic rings. The zero-order chi connectivity index (χ0) is 14.4. The van der Waals surface area contributed by atoms with E-state index in [0.717, 1.165) is 17.9 Å². The third-order valence-corrected chi connectivity index (χ3v) is 4.73. The van der Waals surface area contributed by atoms with Crippen molar-refractivity contribution >= 4 is 10.4 Å². The van der Waals surface area contributed by atoms with Crippen LogP contribution in [-0.4, -0.2) is 48.7 Å². The van der Waals surface area contributed by atoms with Crippen LogP contribution in [0.15, 0.2) is 0 Å². The van der Waals surface area contributed by atoms with E-state index in [9.17, 15) is 0 Å². The second-order valence-corrected chi connectivity index (χ2v) is 7.91. The highest BCUT2D eigenvalue weighted by Gasteiger charge is 2.53. The summed E-state index contributed by atoms with van der Waals surface area (Å²) in [5, 5.41) is 0. The lowest BCUT2D eigenvalue weighted by atomic mass is 9.75. The quantitative estimate of drug-likeness (QED) is 0.414. The van der Waals surface area contributed by atoms with Crippen molar-refractivity contribution < 1.29 is 22.0 Å². The number of piperidine rings is 1. The van der Waals surface area contributed by atoms with E-state index >= 15 is 0 Å². The molecule has 0 radical (unpaired) electrons. The monoisotopic (exact) mass is 279 g/mol. The molecule has 1 aliphatic carbocycles. The van der Waals surface area contributed by atoms with E-state index in [2.05, 4.69) is 34.9 Å². The number of likely N-dealkylation sites (tertiary alicyclic amines) is 1. The first-order valence-electron chi connectivity index (χ1n) is 6.34. The van der Waals surface area contributed by atoms with Crippen LogP contribution < -0.4 is 0 Å². The first kappa shape index (κ1) is 15.9. The highest BCUT2D eigenvalue weighted by Crippen LogP contribution is 2.52. The van der Waals surface area contributed by atoms with E-state index < -0.39 is 10.4 Å². The highest BCUT2D eigenvalue weighted by molar-refractivity contribution is 7.79. The van der Waals surface area contributed by atoms with Gasteiger partial charge in [0, 0.05) is 18.8 Å². The number of hydrogen-bond donors (Lipinski definition) is 1. The van der Waals surface area contributed by atoms with E-state index in [-0.39, 0.29) is 0 Å². The molecule has 0 amide bonds. The van der Waals surface area contributed by atoms with Crippen LogP contribution in [-0.2, 0) is 10.4 Å². The second kappa shape index (κ2) is 4.74. The van der Waals surface area contributed by atoms with Gasteiger partial charge in [0.1, 0.15) is 0 Å². The zero-order valence-electron chi connectivity index (χ0n) is 11.9. The van der Waals surface area contributed by atoms with E-state index in [4.69, 9.17) is 17.5 Å². The van der Waals surface area contributed by atoms with Crippen LogP contribution in [0.4, 0.5) is 0 Å². The molecule has 1 heterocycles. The summed E-state index contributed by atoms with van der Waals surface area (Å²) in [5.41, 5.74) is 0.607. The molecular formula is C12H25NO4S. The fourth-order valence-electron chi connectivity index (χ4n) is 4.01. The fraction of sp³-hybridized carbons (Fsp3) is 1.00. The molecule has 2 rings (SSSR count). The summed E-state index contributed by atoms with van der Waals surface area (Å²) in [6.45, 7) is 8.78. The van der Waals surface area contributed by atoms with Crippen molar-refractivity contribution in [3.8, 4) is 0 Å². The largest absolute Gasteiger partial charge is 0.726 e.